The van der Waals surface area contributed by atoms with Crippen LogP contribution in [0.4, 0.5) is 5.69 Å². The van der Waals surface area contributed by atoms with Gasteiger partial charge in [0.25, 0.3) is 5.91 Å². The van der Waals surface area contributed by atoms with Crippen LogP contribution in [0.25, 0.3) is 22.1 Å². The lowest BCUT2D eigenvalue weighted by Gasteiger charge is -2.10. The number of carbonyl (C=O) groups is 1. The van der Waals surface area contributed by atoms with Gasteiger partial charge in [-0.1, -0.05) is 24.1 Å². The first kappa shape index (κ1) is 18.1. The van der Waals surface area contributed by atoms with Gasteiger partial charge in [0.2, 0.25) is 0 Å². The summed E-state index contributed by atoms with van der Waals surface area (Å²) in [7, 11) is 0. The third-order valence-corrected chi connectivity index (χ3v) is 5.57. The van der Waals surface area contributed by atoms with E-state index in [9.17, 15) is 4.79 Å². The van der Waals surface area contributed by atoms with Crippen molar-refractivity contribution in [1.29, 1.82) is 0 Å². The zero-order chi connectivity index (χ0) is 20.0. The normalized spacial score (nSPS) is 14.0. The summed E-state index contributed by atoms with van der Waals surface area (Å²) in [6, 6.07) is 9.12. The number of aryl methyl sites for hydroxylation is 3. The van der Waals surface area contributed by atoms with Gasteiger partial charge in [0, 0.05) is 35.3 Å². The molecule has 1 aromatic carbocycles. The summed E-state index contributed by atoms with van der Waals surface area (Å²) < 4.78 is 2.17. The lowest BCUT2D eigenvalue weighted by atomic mass is 10.1. The van der Waals surface area contributed by atoms with Crippen molar-refractivity contribution in [2.75, 3.05) is 5.32 Å². The Morgan fingerprint density at radius 2 is 2.03 bits per heavy atom. The fourth-order valence-electron chi connectivity index (χ4n) is 4.03. The van der Waals surface area contributed by atoms with Gasteiger partial charge < -0.3 is 9.88 Å². The number of pyridine rings is 2. The SMILES string of the molecule is Cc1cc(C(=O)Nc2cc(Cl)cc3cccnc23)c2nc3n(c2n1)CCCCC3. The van der Waals surface area contributed by atoms with E-state index in [4.69, 9.17) is 21.6 Å². The van der Waals surface area contributed by atoms with Crippen molar-refractivity contribution >= 4 is 45.3 Å². The van der Waals surface area contributed by atoms with E-state index >= 15 is 0 Å². The van der Waals surface area contributed by atoms with Gasteiger partial charge in [-0.3, -0.25) is 9.78 Å². The summed E-state index contributed by atoms with van der Waals surface area (Å²) in [5.41, 5.74) is 4.06. The molecule has 0 aliphatic carbocycles. The quantitative estimate of drug-likeness (QED) is 0.513. The fourth-order valence-corrected chi connectivity index (χ4v) is 4.26. The summed E-state index contributed by atoms with van der Waals surface area (Å²) in [4.78, 5) is 27.2. The van der Waals surface area contributed by atoms with Gasteiger partial charge >= 0.3 is 0 Å². The van der Waals surface area contributed by atoms with Crippen LogP contribution in [0.1, 0.15) is 41.1 Å². The molecule has 0 saturated carbocycles. The van der Waals surface area contributed by atoms with Crippen LogP contribution in [-0.4, -0.2) is 25.4 Å². The van der Waals surface area contributed by atoms with Crippen molar-refractivity contribution in [2.45, 2.75) is 39.2 Å². The predicted octanol–water partition coefficient (Wildman–Crippen LogP) is 4.92. The van der Waals surface area contributed by atoms with Crippen LogP contribution >= 0.6 is 11.6 Å². The maximum absolute atomic E-state index is 13.3. The number of aromatic nitrogens is 4. The van der Waals surface area contributed by atoms with Crippen LogP contribution in [0.5, 0.6) is 0 Å². The number of benzene rings is 1. The number of amides is 1. The van der Waals surface area contributed by atoms with E-state index in [0.29, 0.717) is 27.3 Å². The Balaban J connectivity index is 1.60. The average molecular weight is 406 g/mol. The van der Waals surface area contributed by atoms with Crippen molar-refractivity contribution in [3.8, 4) is 0 Å². The monoisotopic (exact) mass is 405 g/mol. The van der Waals surface area contributed by atoms with Crippen LogP contribution in [0.3, 0.4) is 0 Å². The number of carbonyl (C=O) groups excluding carboxylic acids is 1. The summed E-state index contributed by atoms with van der Waals surface area (Å²) in [6.07, 6.45) is 6.03. The Labute approximate surface area is 172 Å². The third kappa shape index (κ3) is 3.23. The highest BCUT2D eigenvalue weighted by atomic mass is 35.5. The topological polar surface area (TPSA) is 72.7 Å². The van der Waals surface area contributed by atoms with Crippen molar-refractivity contribution in [3.63, 3.8) is 0 Å². The molecular weight excluding hydrogens is 386 g/mol. The molecule has 0 fully saturated rings. The minimum absolute atomic E-state index is 0.233. The second-order valence-electron chi connectivity index (χ2n) is 7.46. The highest BCUT2D eigenvalue weighted by molar-refractivity contribution is 6.32. The number of hydrogen-bond donors (Lipinski definition) is 1. The van der Waals surface area contributed by atoms with Gasteiger partial charge in [-0.25, -0.2) is 9.97 Å². The average Bonchev–Trinajstić information content (AvgIpc) is 2.88. The van der Waals surface area contributed by atoms with E-state index in [1.54, 1.807) is 18.3 Å². The summed E-state index contributed by atoms with van der Waals surface area (Å²) in [6.45, 7) is 2.80. The second-order valence-corrected chi connectivity index (χ2v) is 7.89. The molecule has 146 valence electrons. The van der Waals surface area contributed by atoms with E-state index in [1.165, 1.54) is 6.42 Å². The maximum atomic E-state index is 13.3. The molecule has 6 nitrogen and oxygen atoms in total. The fraction of sp³-hybridized carbons (Fsp3) is 0.273. The Hall–Kier alpha value is -2.99. The van der Waals surface area contributed by atoms with Gasteiger partial charge in [-0.15, -0.1) is 0 Å². The Bertz CT molecular complexity index is 1260. The molecule has 0 bridgehead atoms. The maximum Gasteiger partial charge on any atom is 0.258 e. The smallest absolute Gasteiger partial charge is 0.258 e. The summed E-state index contributed by atoms with van der Waals surface area (Å²) in [5.74, 6) is 0.780. The molecule has 5 rings (SSSR count). The number of fused-ring (bicyclic) bond motifs is 4. The largest absolute Gasteiger partial charge is 0.320 e. The van der Waals surface area contributed by atoms with E-state index in [-0.39, 0.29) is 5.91 Å². The van der Waals surface area contributed by atoms with Crippen molar-refractivity contribution in [3.05, 3.63) is 58.6 Å². The molecule has 4 aromatic rings. The highest BCUT2D eigenvalue weighted by Crippen LogP contribution is 2.28. The molecule has 1 aliphatic heterocycles. The van der Waals surface area contributed by atoms with Gasteiger partial charge in [-0.2, -0.15) is 0 Å². The van der Waals surface area contributed by atoms with Gasteiger partial charge in [0.05, 0.1) is 16.8 Å². The Morgan fingerprint density at radius 3 is 2.93 bits per heavy atom. The zero-order valence-corrected chi connectivity index (χ0v) is 16.8. The number of imidazole rings is 1. The number of nitrogens with one attached hydrogen (secondary N) is 1. The zero-order valence-electron chi connectivity index (χ0n) is 16.1. The standard InChI is InChI=1S/C22H20ClN5O/c1-13-10-16(20-21(25-13)28-9-4-2-3-7-18(28)27-20)22(29)26-17-12-15(23)11-14-6-5-8-24-19(14)17/h5-6,8,10-12H,2-4,7,9H2,1H3,(H,26,29). The molecule has 1 aliphatic rings. The Kier molecular flexibility index (Phi) is 4.43. The molecule has 0 saturated heterocycles. The molecule has 1 N–H and O–H groups in total. The number of hydrogen-bond acceptors (Lipinski definition) is 4. The van der Waals surface area contributed by atoms with Crippen LogP contribution in [0.2, 0.25) is 5.02 Å². The second kappa shape index (κ2) is 7.12. The minimum atomic E-state index is -0.233. The number of rotatable bonds is 2. The highest BCUT2D eigenvalue weighted by Gasteiger charge is 2.21. The summed E-state index contributed by atoms with van der Waals surface area (Å²) >= 11 is 6.25. The molecule has 29 heavy (non-hydrogen) atoms. The lowest BCUT2D eigenvalue weighted by molar-refractivity contribution is 0.102. The number of anilines is 1. The molecule has 0 radical (unpaired) electrons. The Morgan fingerprint density at radius 1 is 1.14 bits per heavy atom. The van der Waals surface area contributed by atoms with Gasteiger partial charge in [0.15, 0.2) is 5.65 Å². The third-order valence-electron chi connectivity index (χ3n) is 5.36. The van der Waals surface area contributed by atoms with E-state index in [0.717, 1.165) is 48.4 Å². The molecular formula is C22H20ClN5O. The van der Waals surface area contributed by atoms with Crippen LogP contribution in [0, 0.1) is 6.92 Å². The first-order valence-electron chi connectivity index (χ1n) is 9.82. The lowest BCUT2D eigenvalue weighted by Crippen LogP contribution is -2.14. The molecule has 0 atom stereocenters. The van der Waals surface area contributed by atoms with Crippen molar-refractivity contribution < 1.29 is 4.79 Å². The van der Waals surface area contributed by atoms with E-state index in [1.807, 2.05) is 25.1 Å². The molecule has 1 amide bonds. The van der Waals surface area contributed by atoms with Crippen LogP contribution < -0.4 is 5.32 Å². The van der Waals surface area contributed by atoms with Crippen LogP contribution in [-0.2, 0) is 13.0 Å². The number of halogens is 1. The van der Waals surface area contributed by atoms with Gasteiger partial charge in [0.1, 0.15) is 11.3 Å². The van der Waals surface area contributed by atoms with Crippen molar-refractivity contribution in [1.82, 2.24) is 19.5 Å². The molecule has 3 aromatic heterocycles. The minimum Gasteiger partial charge on any atom is -0.320 e. The first-order chi connectivity index (χ1) is 14.1. The predicted molar refractivity (Wildman–Crippen MR) is 115 cm³/mol. The first-order valence-corrected chi connectivity index (χ1v) is 10.2. The summed E-state index contributed by atoms with van der Waals surface area (Å²) in [5, 5.41) is 4.41. The van der Waals surface area contributed by atoms with E-state index in [2.05, 4.69) is 14.9 Å². The van der Waals surface area contributed by atoms with Gasteiger partial charge in [-0.05, 0) is 44.0 Å². The molecule has 4 heterocycles. The molecule has 0 unspecified atom stereocenters. The number of nitrogens with zero attached hydrogens (tertiary/aromatic N) is 4. The van der Waals surface area contributed by atoms with Crippen molar-refractivity contribution in [2.24, 2.45) is 0 Å². The molecule has 0 spiro atoms. The van der Waals surface area contributed by atoms with Crippen LogP contribution in [0.15, 0.2) is 36.5 Å². The molecule has 7 heteroatoms. The van der Waals surface area contributed by atoms with E-state index < -0.39 is 0 Å².